The van der Waals surface area contributed by atoms with Crippen LogP contribution in [-0.2, 0) is 20.9 Å². The first kappa shape index (κ1) is 16.0. The molecule has 0 saturated carbocycles. The number of nitrogens with one attached hydrogen (secondary N) is 2. The van der Waals surface area contributed by atoms with Gasteiger partial charge < -0.3 is 20.1 Å². The largest absolute Gasteiger partial charge is 0.468 e. The van der Waals surface area contributed by atoms with E-state index < -0.39 is 12.1 Å². The SMILES string of the molecule is CN[C@@H](CCNC(=O)OCc1ccccc1)C(=O)OC. The molecule has 1 amide bonds. The Morgan fingerprint density at radius 3 is 2.55 bits per heavy atom. The molecule has 110 valence electrons. The Bertz CT molecular complexity index is 422. The van der Waals surface area contributed by atoms with E-state index in [-0.39, 0.29) is 12.6 Å². The Morgan fingerprint density at radius 1 is 1.25 bits per heavy atom. The smallest absolute Gasteiger partial charge is 0.407 e. The van der Waals surface area contributed by atoms with E-state index in [9.17, 15) is 9.59 Å². The molecule has 6 nitrogen and oxygen atoms in total. The minimum absolute atomic E-state index is 0.221. The first-order chi connectivity index (χ1) is 9.67. The van der Waals surface area contributed by atoms with Crippen LogP contribution in [0.4, 0.5) is 4.79 Å². The monoisotopic (exact) mass is 280 g/mol. The molecule has 6 heteroatoms. The summed E-state index contributed by atoms with van der Waals surface area (Å²) in [5.41, 5.74) is 0.922. The van der Waals surface area contributed by atoms with Crippen molar-refractivity contribution in [3.05, 3.63) is 35.9 Å². The normalized spacial score (nSPS) is 11.5. The molecule has 0 heterocycles. The molecule has 20 heavy (non-hydrogen) atoms. The zero-order valence-corrected chi connectivity index (χ0v) is 11.7. The highest BCUT2D eigenvalue weighted by molar-refractivity contribution is 5.75. The van der Waals surface area contributed by atoms with Gasteiger partial charge in [0, 0.05) is 6.54 Å². The topological polar surface area (TPSA) is 76.7 Å². The predicted octanol–water partition coefficient (Wildman–Crippen LogP) is 1.06. The van der Waals surface area contributed by atoms with Gasteiger partial charge in [-0.1, -0.05) is 30.3 Å². The van der Waals surface area contributed by atoms with Crippen LogP contribution in [0.5, 0.6) is 0 Å². The third kappa shape index (κ3) is 5.71. The Hall–Kier alpha value is -2.08. The maximum atomic E-state index is 11.5. The lowest BCUT2D eigenvalue weighted by Crippen LogP contribution is -2.38. The molecule has 2 N–H and O–H groups in total. The summed E-state index contributed by atoms with van der Waals surface area (Å²) in [4.78, 5) is 22.8. The van der Waals surface area contributed by atoms with Crippen molar-refractivity contribution in [3.8, 4) is 0 Å². The van der Waals surface area contributed by atoms with E-state index in [0.717, 1.165) is 5.56 Å². The van der Waals surface area contributed by atoms with Crippen molar-refractivity contribution >= 4 is 12.1 Å². The van der Waals surface area contributed by atoms with Gasteiger partial charge in [-0.2, -0.15) is 0 Å². The summed E-state index contributed by atoms with van der Waals surface area (Å²) in [7, 11) is 2.99. The van der Waals surface area contributed by atoms with Gasteiger partial charge >= 0.3 is 12.1 Å². The van der Waals surface area contributed by atoms with Crippen molar-refractivity contribution in [2.75, 3.05) is 20.7 Å². The molecule has 0 fully saturated rings. The molecule has 0 aliphatic carbocycles. The Kier molecular flexibility index (Phi) is 7.13. The molecule has 0 spiro atoms. The first-order valence-electron chi connectivity index (χ1n) is 6.37. The van der Waals surface area contributed by atoms with Crippen LogP contribution >= 0.6 is 0 Å². The van der Waals surface area contributed by atoms with Crippen molar-refractivity contribution < 1.29 is 19.1 Å². The summed E-state index contributed by atoms with van der Waals surface area (Å²) < 4.78 is 9.66. The summed E-state index contributed by atoms with van der Waals surface area (Å²) >= 11 is 0. The second-order valence-corrected chi connectivity index (χ2v) is 4.14. The number of carbonyl (C=O) groups excluding carboxylic acids is 2. The third-order valence-electron chi connectivity index (χ3n) is 2.75. The van der Waals surface area contributed by atoms with Crippen LogP contribution in [0.3, 0.4) is 0 Å². The molecule has 0 saturated heterocycles. The van der Waals surface area contributed by atoms with Gasteiger partial charge in [-0.05, 0) is 19.0 Å². The van der Waals surface area contributed by atoms with Crippen LogP contribution in [-0.4, -0.2) is 38.8 Å². The van der Waals surface area contributed by atoms with Crippen LogP contribution in [0.15, 0.2) is 30.3 Å². The minimum atomic E-state index is -0.506. The molecule has 0 aromatic heterocycles. The average molecular weight is 280 g/mol. The van der Waals surface area contributed by atoms with Gasteiger partial charge in [-0.25, -0.2) is 4.79 Å². The number of esters is 1. The summed E-state index contributed by atoms with van der Waals surface area (Å²) in [6.45, 7) is 0.549. The average Bonchev–Trinajstić information content (AvgIpc) is 2.50. The molecular formula is C14H20N2O4. The number of methoxy groups -OCH3 is 1. The lowest BCUT2D eigenvalue weighted by molar-refractivity contribution is -0.143. The molecule has 1 aromatic rings. The second kappa shape index (κ2) is 8.92. The van der Waals surface area contributed by atoms with Crippen LogP contribution in [0.2, 0.25) is 0 Å². The number of alkyl carbamates (subject to hydrolysis) is 1. The standard InChI is InChI=1S/C14H20N2O4/c1-15-12(13(17)19-2)8-9-16-14(18)20-10-11-6-4-3-5-7-11/h3-7,12,15H,8-10H2,1-2H3,(H,16,18)/t12-/m0/s1. The zero-order valence-electron chi connectivity index (χ0n) is 11.7. The van der Waals surface area contributed by atoms with E-state index in [2.05, 4.69) is 15.4 Å². The highest BCUT2D eigenvalue weighted by Crippen LogP contribution is 2.00. The highest BCUT2D eigenvalue weighted by Gasteiger charge is 2.16. The lowest BCUT2D eigenvalue weighted by Gasteiger charge is -2.13. The Morgan fingerprint density at radius 2 is 1.95 bits per heavy atom. The number of hydrogen-bond acceptors (Lipinski definition) is 5. The van der Waals surface area contributed by atoms with Crippen molar-refractivity contribution in [3.63, 3.8) is 0 Å². The predicted molar refractivity (Wildman–Crippen MR) is 74.1 cm³/mol. The maximum Gasteiger partial charge on any atom is 0.407 e. The molecule has 0 bridgehead atoms. The van der Waals surface area contributed by atoms with E-state index in [1.807, 2.05) is 30.3 Å². The van der Waals surface area contributed by atoms with E-state index in [0.29, 0.717) is 13.0 Å². The van der Waals surface area contributed by atoms with Crippen molar-refractivity contribution in [1.29, 1.82) is 0 Å². The van der Waals surface area contributed by atoms with Crippen molar-refractivity contribution in [1.82, 2.24) is 10.6 Å². The van der Waals surface area contributed by atoms with E-state index in [4.69, 9.17) is 4.74 Å². The van der Waals surface area contributed by atoms with Crippen molar-refractivity contribution in [2.45, 2.75) is 19.1 Å². The number of benzene rings is 1. The quantitative estimate of drug-likeness (QED) is 0.730. The number of hydrogen-bond donors (Lipinski definition) is 2. The van der Waals surface area contributed by atoms with Crippen molar-refractivity contribution in [2.24, 2.45) is 0 Å². The van der Waals surface area contributed by atoms with Crippen LogP contribution < -0.4 is 10.6 Å². The van der Waals surface area contributed by atoms with Gasteiger partial charge in [0.05, 0.1) is 7.11 Å². The fraction of sp³-hybridized carbons (Fsp3) is 0.429. The molecular weight excluding hydrogens is 260 g/mol. The van der Waals surface area contributed by atoms with Gasteiger partial charge in [-0.3, -0.25) is 4.79 Å². The van der Waals surface area contributed by atoms with Crippen LogP contribution in [0, 0.1) is 0 Å². The molecule has 1 atom stereocenters. The summed E-state index contributed by atoms with van der Waals surface area (Å²) in [5.74, 6) is -0.355. The summed E-state index contributed by atoms with van der Waals surface area (Å²) in [6, 6.07) is 8.97. The number of likely N-dealkylation sites (N-methyl/N-ethyl adjacent to an activating group) is 1. The van der Waals surface area contributed by atoms with Gasteiger partial charge in [0.1, 0.15) is 12.6 Å². The molecule has 0 aliphatic rings. The molecule has 1 rings (SSSR count). The Balaban J connectivity index is 2.21. The lowest BCUT2D eigenvalue weighted by atomic mass is 10.2. The first-order valence-corrected chi connectivity index (χ1v) is 6.37. The minimum Gasteiger partial charge on any atom is -0.468 e. The molecule has 0 unspecified atom stereocenters. The number of rotatable bonds is 7. The zero-order chi connectivity index (χ0) is 14.8. The number of ether oxygens (including phenoxy) is 2. The van der Waals surface area contributed by atoms with Crippen LogP contribution in [0.25, 0.3) is 0 Å². The fourth-order valence-electron chi connectivity index (χ4n) is 1.62. The molecule has 0 aliphatic heterocycles. The van der Waals surface area contributed by atoms with E-state index in [1.165, 1.54) is 7.11 Å². The summed E-state index contributed by atoms with van der Waals surface area (Å²) in [6.07, 6.45) is -0.0718. The maximum absolute atomic E-state index is 11.5. The fourth-order valence-corrected chi connectivity index (χ4v) is 1.62. The van der Waals surface area contributed by atoms with E-state index in [1.54, 1.807) is 7.05 Å². The second-order valence-electron chi connectivity index (χ2n) is 4.14. The molecule has 0 radical (unpaired) electrons. The Labute approximate surface area is 118 Å². The highest BCUT2D eigenvalue weighted by atomic mass is 16.5. The van der Waals surface area contributed by atoms with Gasteiger partial charge in [0.25, 0.3) is 0 Å². The third-order valence-corrected chi connectivity index (χ3v) is 2.75. The molecule has 1 aromatic carbocycles. The van der Waals surface area contributed by atoms with E-state index >= 15 is 0 Å². The van der Waals surface area contributed by atoms with Gasteiger partial charge in [-0.15, -0.1) is 0 Å². The summed E-state index contributed by atoms with van der Waals surface area (Å²) in [5, 5.41) is 5.41. The van der Waals surface area contributed by atoms with Gasteiger partial charge in [0.15, 0.2) is 0 Å². The number of carbonyl (C=O) groups is 2. The van der Waals surface area contributed by atoms with Gasteiger partial charge in [0.2, 0.25) is 0 Å². The van der Waals surface area contributed by atoms with Crippen LogP contribution in [0.1, 0.15) is 12.0 Å². The number of amides is 1.